The minimum absolute atomic E-state index is 1.00. The zero-order valence-electron chi connectivity index (χ0n) is 14.4. The summed E-state index contributed by atoms with van der Waals surface area (Å²) in [6, 6.07) is 25.9. The molecule has 4 rings (SSSR count). The molecule has 0 aliphatic heterocycles. The predicted octanol–water partition coefficient (Wildman–Crippen LogP) is 6.76. The highest BCUT2D eigenvalue weighted by atomic mass is 15.0. The second kappa shape index (κ2) is 6.45. The third kappa shape index (κ3) is 2.58. The van der Waals surface area contributed by atoms with Crippen LogP contribution in [-0.2, 0) is 0 Å². The van der Waals surface area contributed by atoms with Gasteiger partial charge in [0.05, 0.1) is 11.0 Å². The smallest absolute Gasteiger partial charge is 0.0541 e. The second-order valence-corrected chi connectivity index (χ2v) is 6.19. The average molecular weight is 323 g/mol. The van der Waals surface area contributed by atoms with Crippen molar-refractivity contribution in [1.29, 1.82) is 0 Å². The van der Waals surface area contributed by atoms with Gasteiger partial charge in [0.25, 0.3) is 0 Å². The van der Waals surface area contributed by atoms with E-state index in [1.807, 2.05) is 6.08 Å². The fourth-order valence-corrected chi connectivity index (χ4v) is 3.56. The summed E-state index contributed by atoms with van der Waals surface area (Å²) >= 11 is 0. The summed E-state index contributed by atoms with van der Waals surface area (Å²) in [4.78, 5) is 0. The van der Waals surface area contributed by atoms with Crippen molar-refractivity contribution in [2.45, 2.75) is 13.3 Å². The average Bonchev–Trinajstić information content (AvgIpc) is 3.01. The van der Waals surface area contributed by atoms with Crippen molar-refractivity contribution in [2.24, 2.45) is 0 Å². The van der Waals surface area contributed by atoms with Crippen molar-refractivity contribution >= 4 is 27.4 Å². The topological polar surface area (TPSA) is 4.93 Å². The molecule has 0 bridgehead atoms. The molecule has 4 aromatic rings. The number of hydrogen-bond donors (Lipinski definition) is 0. The van der Waals surface area contributed by atoms with Gasteiger partial charge in [-0.15, -0.1) is 0 Å². The van der Waals surface area contributed by atoms with Crippen LogP contribution in [0.4, 0.5) is 0 Å². The molecule has 1 heterocycles. The van der Waals surface area contributed by atoms with Gasteiger partial charge in [-0.05, 0) is 41.8 Å². The molecule has 3 aromatic carbocycles. The SMILES string of the molecule is C=C/C(=C\CC)c1cccc(-n2c3ccccc3c3ccccc32)c1. The normalized spacial score (nSPS) is 12.0. The molecule has 0 spiro atoms. The summed E-state index contributed by atoms with van der Waals surface area (Å²) in [5.74, 6) is 0. The van der Waals surface area contributed by atoms with Crippen LogP contribution in [0.5, 0.6) is 0 Å². The molecule has 0 atom stereocenters. The molecule has 122 valence electrons. The van der Waals surface area contributed by atoms with Gasteiger partial charge in [-0.2, -0.15) is 0 Å². The van der Waals surface area contributed by atoms with Gasteiger partial charge >= 0.3 is 0 Å². The maximum atomic E-state index is 3.97. The van der Waals surface area contributed by atoms with Crippen LogP contribution >= 0.6 is 0 Å². The van der Waals surface area contributed by atoms with Gasteiger partial charge < -0.3 is 4.57 Å². The first-order valence-electron chi connectivity index (χ1n) is 8.75. The Morgan fingerprint density at radius 2 is 1.52 bits per heavy atom. The van der Waals surface area contributed by atoms with E-state index in [2.05, 4.69) is 96.9 Å². The Labute approximate surface area is 148 Å². The van der Waals surface area contributed by atoms with E-state index in [9.17, 15) is 0 Å². The monoisotopic (exact) mass is 323 g/mol. The van der Waals surface area contributed by atoms with Crippen molar-refractivity contribution in [3.8, 4) is 5.69 Å². The standard InChI is InChI=1S/C24H21N/c1-3-10-18(4-2)19-11-9-12-20(17-19)25-23-15-7-5-13-21(23)22-14-6-8-16-24(22)25/h4-17H,2-3H2,1H3/b18-10+. The van der Waals surface area contributed by atoms with Crippen molar-refractivity contribution in [2.75, 3.05) is 0 Å². The fourth-order valence-electron chi connectivity index (χ4n) is 3.56. The molecule has 0 saturated carbocycles. The Bertz CT molecular complexity index is 1040. The lowest BCUT2D eigenvalue weighted by atomic mass is 10.0. The van der Waals surface area contributed by atoms with E-state index < -0.39 is 0 Å². The highest BCUT2D eigenvalue weighted by Crippen LogP contribution is 2.32. The molecule has 25 heavy (non-hydrogen) atoms. The van der Waals surface area contributed by atoms with E-state index in [1.54, 1.807) is 0 Å². The number of nitrogens with zero attached hydrogens (tertiary/aromatic N) is 1. The predicted molar refractivity (Wildman–Crippen MR) is 109 cm³/mol. The number of aromatic nitrogens is 1. The van der Waals surface area contributed by atoms with Crippen LogP contribution in [0, 0.1) is 0 Å². The van der Waals surface area contributed by atoms with E-state index in [-0.39, 0.29) is 0 Å². The van der Waals surface area contributed by atoms with E-state index in [0.717, 1.165) is 6.42 Å². The molecule has 1 aromatic heterocycles. The van der Waals surface area contributed by atoms with Crippen LogP contribution in [-0.4, -0.2) is 4.57 Å². The number of hydrogen-bond acceptors (Lipinski definition) is 0. The summed E-state index contributed by atoms with van der Waals surface area (Å²) in [5.41, 5.74) is 6.04. The van der Waals surface area contributed by atoms with E-state index >= 15 is 0 Å². The van der Waals surface area contributed by atoms with Crippen LogP contribution in [0.15, 0.2) is 91.5 Å². The van der Waals surface area contributed by atoms with Crippen molar-refractivity contribution < 1.29 is 0 Å². The van der Waals surface area contributed by atoms with Crippen molar-refractivity contribution in [1.82, 2.24) is 4.57 Å². The molecule has 0 radical (unpaired) electrons. The van der Waals surface area contributed by atoms with Gasteiger partial charge in [0, 0.05) is 16.5 Å². The van der Waals surface area contributed by atoms with Gasteiger partial charge in [0.2, 0.25) is 0 Å². The number of para-hydroxylation sites is 2. The highest BCUT2D eigenvalue weighted by molar-refractivity contribution is 6.09. The molecule has 0 aliphatic carbocycles. The molecule has 0 fully saturated rings. The minimum Gasteiger partial charge on any atom is -0.309 e. The molecule has 0 N–H and O–H groups in total. The molecule has 1 nitrogen and oxygen atoms in total. The number of allylic oxidation sites excluding steroid dienone is 3. The largest absolute Gasteiger partial charge is 0.309 e. The molecule has 0 unspecified atom stereocenters. The molecule has 0 saturated heterocycles. The zero-order chi connectivity index (χ0) is 17.2. The third-order valence-electron chi connectivity index (χ3n) is 4.66. The van der Waals surface area contributed by atoms with Crippen LogP contribution in [0.25, 0.3) is 33.1 Å². The first-order chi connectivity index (χ1) is 12.3. The molecular formula is C24H21N. The van der Waals surface area contributed by atoms with Gasteiger partial charge in [-0.3, -0.25) is 0 Å². The van der Waals surface area contributed by atoms with Gasteiger partial charge in [-0.25, -0.2) is 0 Å². The summed E-state index contributed by atoms with van der Waals surface area (Å²) in [6.07, 6.45) is 5.16. The summed E-state index contributed by atoms with van der Waals surface area (Å²) in [7, 11) is 0. The maximum absolute atomic E-state index is 3.97. The Balaban J connectivity index is 2.02. The summed E-state index contributed by atoms with van der Waals surface area (Å²) in [5, 5.41) is 2.58. The Morgan fingerprint density at radius 3 is 2.12 bits per heavy atom. The quantitative estimate of drug-likeness (QED) is 0.365. The third-order valence-corrected chi connectivity index (χ3v) is 4.66. The van der Waals surface area contributed by atoms with Gasteiger partial charge in [0.15, 0.2) is 0 Å². The van der Waals surface area contributed by atoms with Crippen LogP contribution in [0.2, 0.25) is 0 Å². The molecular weight excluding hydrogens is 302 g/mol. The molecule has 0 amide bonds. The molecule has 1 heteroatoms. The zero-order valence-corrected chi connectivity index (χ0v) is 14.4. The summed E-state index contributed by atoms with van der Waals surface area (Å²) < 4.78 is 2.35. The van der Waals surface area contributed by atoms with Crippen LogP contribution < -0.4 is 0 Å². The van der Waals surface area contributed by atoms with Gasteiger partial charge in [0.1, 0.15) is 0 Å². The van der Waals surface area contributed by atoms with Crippen LogP contribution in [0.3, 0.4) is 0 Å². The lowest BCUT2D eigenvalue weighted by molar-refractivity contribution is 1.18. The fraction of sp³-hybridized carbons (Fsp3) is 0.0833. The minimum atomic E-state index is 1.00. The van der Waals surface area contributed by atoms with Crippen molar-refractivity contribution in [3.05, 3.63) is 97.1 Å². The Kier molecular flexibility index (Phi) is 3.99. The van der Waals surface area contributed by atoms with Gasteiger partial charge in [-0.1, -0.05) is 74.2 Å². The number of fused-ring (bicyclic) bond motifs is 3. The Morgan fingerprint density at radius 1 is 0.880 bits per heavy atom. The molecule has 0 aliphatic rings. The lowest BCUT2D eigenvalue weighted by Gasteiger charge is -2.10. The van der Waals surface area contributed by atoms with E-state index in [0.29, 0.717) is 0 Å². The number of rotatable bonds is 4. The Hall–Kier alpha value is -3.06. The lowest BCUT2D eigenvalue weighted by Crippen LogP contribution is -1.94. The first-order valence-corrected chi connectivity index (χ1v) is 8.75. The summed E-state index contributed by atoms with van der Waals surface area (Å²) in [6.45, 7) is 6.13. The number of benzene rings is 3. The first kappa shape index (κ1) is 15.5. The second-order valence-electron chi connectivity index (χ2n) is 6.19. The van der Waals surface area contributed by atoms with Crippen LogP contribution in [0.1, 0.15) is 18.9 Å². The highest BCUT2D eigenvalue weighted by Gasteiger charge is 2.11. The maximum Gasteiger partial charge on any atom is 0.0541 e. The van der Waals surface area contributed by atoms with E-state index in [4.69, 9.17) is 0 Å². The van der Waals surface area contributed by atoms with E-state index in [1.165, 1.54) is 38.6 Å². The van der Waals surface area contributed by atoms with Crippen molar-refractivity contribution in [3.63, 3.8) is 0 Å².